The van der Waals surface area contributed by atoms with Crippen LogP contribution in [0.3, 0.4) is 0 Å². The number of anilines is 1. The van der Waals surface area contributed by atoms with Crippen LogP contribution >= 0.6 is 37.2 Å². The summed E-state index contributed by atoms with van der Waals surface area (Å²) in [5, 5.41) is 3.49. The maximum atomic E-state index is 11.8. The number of ether oxygens (including phenoxy) is 1. The van der Waals surface area contributed by atoms with Gasteiger partial charge in [0.2, 0.25) is 5.91 Å². The Labute approximate surface area is 226 Å². The van der Waals surface area contributed by atoms with Gasteiger partial charge in [0, 0.05) is 50.0 Å². The Kier molecular flexibility index (Phi) is 13.6. The standard InChI is InChI=1S/C26H30N4O2.3ClH/c1-30-25-9-8-24(17-22(25)6-10-26(30)31)32-15-3-13-28-19-21-11-14-29-23(16-21)7-5-20-4-2-12-27-18-20;;;/h2,4,8-9,11-12,14,16-18,28H,3,5-7,10,13,15,19H2,1H3;3*1H. The zero-order chi connectivity index (χ0) is 22.2. The molecule has 9 heteroatoms. The predicted molar refractivity (Wildman–Crippen MR) is 148 cm³/mol. The van der Waals surface area contributed by atoms with E-state index in [-0.39, 0.29) is 43.1 Å². The van der Waals surface area contributed by atoms with E-state index in [9.17, 15) is 4.79 Å². The van der Waals surface area contributed by atoms with Crippen LogP contribution in [0.2, 0.25) is 0 Å². The zero-order valence-corrected chi connectivity index (χ0v) is 22.3. The fourth-order valence-corrected chi connectivity index (χ4v) is 3.94. The van der Waals surface area contributed by atoms with E-state index in [1.165, 1.54) is 16.7 Å². The Bertz CT molecular complexity index is 1050. The highest BCUT2D eigenvalue weighted by Gasteiger charge is 2.20. The second kappa shape index (κ2) is 15.6. The molecule has 0 atom stereocenters. The van der Waals surface area contributed by atoms with Crippen molar-refractivity contribution >= 4 is 48.8 Å². The van der Waals surface area contributed by atoms with Gasteiger partial charge >= 0.3 is 0 Å². The molecule has 0 spiro atoms. The second-order valence-electron chi connectivity index (χ2n) is 8.14. The number of carbonyl (C=O) groups is 1. The van der Waals surface area contributed by atoms with E-state index in [1.807, 2.05) is 37.6 Å². The number of hydrogen-bond acceptors (Lipinski definition) is 5. The Morgan fingerprint density at radius 1 is 1.00 bits per heavy atom. The van der Waals surface area contributed by atoms with Crippen molar-refractivity contribution in [3.63, 3.8) is 0 Å². The third-order valence-electron chi connectivity index (χ3n) is 5.76. The highest BCUT2D eigenvalue weighted by molar-refractivity contribution is 5.95. The van der Waals surface area contributed by atoms with Crippen LogP contribution in [0.25, 0.3) is 0 Å². The van der Waals surface area contributed by atoms with Gasteiger partial charge in [-0.25, -0.2) is 0 Å². The summed E-state index contributed by atoms with van der Waals surface area (Å²) < 4.78 is 5.92. The first kappa shape index (κ1) is 30.7. The van der Waals surface area contributed by atoms with E-state index in [0.717, 1.165) is 55.9 Å². The summed E-state index contributed by atoms with van der Waals surface area (Å²) in [4.78, 5) is 22.2. The molecule has 35 heavy (non-hydrogen) atoms. The largest absolute Gasteiger partial charge is 0.494 e. The maximum absolute atomic E-state index is 11.8. The lowest BCUT2D eigenvalue weighted by atomic mass is 10.0. The number of nitrogens with zero attached hydrogens (tertiary/aromatic N) is 3. The third kappa shape index (κ3) is 8.97. The van der Waals surface area contributed by atoms with Crippen molar-refractivity contribution < 1.29 is 9.53 Å². The molecule has 190 valence electrons. The molecule has 1 aromatic carbocycles. The Hall–Kier alpha value is -2.38. The highest BCUT2D eigenvalue weighted by Crippen LogP contribution is 2.30. The van der Waals surface area contributed by atoms with Crippen molar-refractivity contribution in [3.8, 4) is 5.75 Å². The SMILES string of the molecule is CN1C(=O)CCc2cc(OCCCNCc3ccnc(CCc4cccnc4)c3)ccc21.Cl.Cl.Cl. The van der Waals surface area contributed by atoms with Crippen LogP contribution in [-0.4, -0.2) is 36.1 Å². The van der Waals surface area contributed by atoms with Crippen LogP contribution in [-0.2, 0) is 30.6 Å². The van der Waals surface area contributed by atoms with E-state index in [2.05, 4.69) is 39.6 Å². The zero-order valence-electron chi connectivity index (χ0n) is 19.8. The average molecular weight is 540 g/mol. The Morgan fingerprint density at radius 2 is 1.86 bits per heavy atom. The molecule has 1 aliphatic rings. The molecule has 6 nitrogen and oxygen atoms in total. The molecule has 0 unspecified atom stereocenters. The van der Waals surface area contributed by atoms with Crippen LogP contribution in [0.5, 0.6) is 5.75 Å². The van der Waals surface area contributed by atoms with Crippen molar-refractivity contribution in [1.29, 1.82) is 0 Å². The lowest BCUT2D eigenvalue weighted by Gasteiger charge is -2.26. The Balaban J connectivity index is 0.00000204. The van der Waals surface area contributed by atoms with Gasteiger partial charge in [-0.05, 0) is 85.3 Å². The number of amides is 1. The summed E-state index contributed by atoms with van der Waals surface area (Å²) >= 11 is 0. The van der Waals surface area contributed by atoms with E-state index in [1.54, 1.807) is 11.1 Å². The summed E-state index contributed by atoms with van der Waals surface area (Å²) in [6.45, 7) is 2.37. The third-order valence-corrected chi connectivity index (χ3v) is 5.76. The van der Waals surface area contributed by atoms with Crippen LogP contribution in [0, 0.1) is 0 Å². The molecule has 4 rings (SSSR count). The first-order valence-electron chi connectivity index (χ1n) is 11.2. The second-order valence-corrected chi connectivity index (χ2v) is 8.14. The number of aromatic nitrogens is 2. The minimum absolute atomic E-state index is 0. The van der Waals surface area contributed by atoms with Crippen LogP contribution in [0.15, 0.2) is 61.1 Å². The summed E-state index contributed by atoms with van der Waals surface area (Å²) in [6.07, 6.45) is 9.74. The number of aryl methyl sites for hydroxylation is 3. The monoisotopic (exact) mass is 538 g/mol. The summed E-state index contributed by atoms with van der Waals surface area (Å²) in [5.74, 6) is 1.05. The van der Waals surface area contributed by atoms with Gasteiger partial charge in [-0.2, -0.15) is 0 Å². The molecule has 1 aliphatic heterocycles. The molecule has 3 heterocycles. The quantitative estimate of drug-likeness (QED) is 0.368. The minimum atomic E-state index is 0. The van der Waals surface area contributed by atoms with Crippen molar-refractivity contribution in [2.45, 2.75) is 38.6 Å². The summed E-state index contributed by atoms with van der Waals surface area (Å²) in [7, 11) is 1.83. The molecular weight excluding hydrogens is 507 g/mol. The van der Waals surface area contributed by atoms with Crippen molar-refractivity contribution in [1.82, 2.24) is 15.3 Å². The van der Waals surface area contributed by atoms with Gasteiger partial charge in [0.1, 0.15) is 5.75 Å². The minimum Gasteiger partial charge on any atom is -0.494 e. The van der Waals surface area contributed by atoms with Gasteiger partial charge in [0.15, 0.2) is 0 Å². The number of rotatable bonds is 10. The fourth-order valence-electron chi connectivity index (χ4n) is 3.94. The van der Waals surface area contributed by atoms with E-state index < -0.39 is 0 Å². The lowest BCUT2D eigenvalue weighted by Crippen LogP contribution is -2.30. The first-order chi connectivity index (χ1) is 15.7. The van der Waals surface area contributed by atoms with Crippen molar-refractivity contribution in [3.05, 3.63) is 83.4 Å². The molecule has 0 saturated heterocycles. The molecule has 0 aliphatic carbocycles. The average Bonchev–Trinajstić information content (AvgIpc) is 2.83. The molecular formula is C26H33Cl3N4O2. The molecule has 0 bridgehead atoms. The number of benzene rings is 1. The van der Waals surface area contributed by atoms with Crippen molar-refractivity contribution in [2.75, 3.05) is 25.1 Å². The molecule has 1 N–H and O–H groups in total. The maximum Gasteiger partial charge on any atom is 0.227 e. The van der Waals surface area contributed by atoms with Crippen LogP contribution in [0.1, 0.15) is 35.2 Å². The lowest BCUT2D eigenvalue weighted by molar-refractivity contribution is -0.118. The van der Waals surface area contributed by atoms with Gasteiger partial charge in [-0.15, -0.1) is 37.2 Å². The number of nitrogens with one attached hydrogen (secondary N) is 1. The summed E-state index contributed by atoms with van der Waals surface area (Å²) in [5.41, 5.74) is 5.76. The fraction of sp³-hybridized carbons (Fsp3) is 0.346. The van der Waals surface area contributed by atoms with Gasteiger partial charge in [0.25, 0.3) is 0 Å². The highest BCUT2D eigenvalue weighted by atomic mass is 35.5. The van der Waals surface area contributed by atoms with Gasteiger partial charge in [-0.3, -0.25) is 14.8 Å². The molecule has 0 fully saturated rings. The molecule has 0 saturated carbocycles. The number of carbonyl (C=O) groups excluding carboxylic acids is 1. The molecule has 2 aromatic heterocycles. The molecule has 3 aromatic rings. The smallest absolute Gasteiger partial charge is 0.227 e. The Morgan fingerprint density at radius 3 is 2.66 bits per heavy atom. The van der Waals surface area contributed by atoms with Crippen LogP contribution < -0.4 is 15.0 Å². The topological polar surface area (TPSA) is 67.3 Å². The van der Waals surface area contributed by atoms with Crippen molar-refractivity contribution in [2.24, 2.45) is 0 Å². The van der Waals surface area contributed by atoms with Crippen LogP contribution in [0.4, 0.5) is 5.69 Å². The van der Waals surface area contributed by atoms with E-state index >= 15 is 0 Å². The van der Waals surface area contributed by atoms with E-state index in [0.29, 0.717) is 13.0 Å². The van der Waals surface area contributed by atoms with Gasteiger partial charge < -0.3 is 15.0 Å². The van der Waals surface area contributed by atoms with Gasteiger partial charge in [-0.1, -0.05) is 6.07 Å². The summed E-state index contributed by atoms with van der Waals surface area (Å²) in [6, 6.07) is 14.3. The van der Waals surface area contributed by atoms with E-state index in [4.69, 9.17) is 4.74 Å². The number of halogens is 3. The molecule has 0 radical (unpaired) electrons. The normalized spacial score (nSPS) is 12.0. The number of pyridine rings is 2. The van der Waals surface area contributed by atoms with Gasteiger partial charge in [0.05, 0.1) is 6.61 Å². The number of hydrogen-bond donors (Lipinski definition) is 1. The first-order valence-corrected chi connectivity index (χ1v) is 11.2. The predicted octanol–water partition coefficient (Wildman–Crippen LogP) is 4.99. The molecule has 1 amide bonds. The number of fused-ring (bicyclic) bond motifs is 1.